The van der Waals surface area contributed by atoms with Crippen molar-refractivity contribution in [2.24, 2.45) is 0 Å². The molecule has 0 saturated heterocycles. The van der Waals surface area contributed by atoms with Crippen LogP contribution in [-0.2, 0) is 17.1 Å². The van der Waals surface area contributed by atoms with E-state index in [4.69, 9.17) is 0 Å². The zero-order valence-electron chi connectivity index (χ0n) is 16.4. The molecule has 0 saturated carbocycles. The smallest absolute Gasteiger partial charge is 0.256 e. The van der Waals surface area contributed by atoms with Gasteiger partial charge in [0.05, 0.1) is 17.0 Å². The van der Waals surface area contributed by atoms with Crippen LogP contribution in [0.1, 0.15) is 21.5 Å². The van der Waals surface area contributed by atoms with Crippen molar-refractivity contribution in [3.63, 3.8) is 0 Å². The molecule has 148 valence electrons. The van der Waals surface area contributed by atoms with Crippen molar-refractivity contribution in [2.45, 2.75) is 12.3 Å². The molecule has 3 aromatic rings. The molecule has 0 atom stereocenters. The predicted octanol–water partition coefficient (Wildman–Crippen LogP) is 4.83. The van der Waals surface area contributed by atoms with Gasteiger partial charge in [-0.1, -0.05) is 72.8 Å². The SMILES string of the molecule is CN(Cc1ccccc1)C(=O)c1ccccc1NC(=O)CSCc1ccccc1. The van der Waals surface area contributed by atoms with Gasteiger partial charge in [-0.3, -0.25) is 9.59 Å². The monoisotopic (exact) mass is 404 g/mol. The summed E-state index contributed by atoms with van der Waals surface area (Å²) in [7, 11) is 1.77. The van der Waals surface area contributed by atoms with E-state index in [2.05, 4.69) is 5.32 Å². The molecule has 0 spiro atoms. The quantitative estimate of drug-likeness (QED) is 0.585. The Balaban J connectivity index is 1.59. The summed E-state index contributed by atoms with van der Waals surface area (Å²) in [6, 6.07) is 27.0. The predicted molar refractivity (Wildman–Crippen MR) is 120 cm³/mol. The number of benzene rings is 3. The highest BCUT2D eigenvalue weighted by Gasteiger charge is 2.17. The van der Waals surface area contributed by atoms with E-state index in [0.29, 0.717) is 23.5 Å². The molecule has 0 aromatic heterocycles. The van der Waals surface area contributed by atoms with E-state index in [-0.39, 0.29) is 11.8 Å². The highest BCUT2D eigenvalue weighted by Crippen LogP contribution is 2.19. The largest absolute Gasteiger partial charge is 0.337 e. The van der Waals surface area contributed by atoms with Crippen LogP contribution in [0.25, 0.3) is 0 Å². The third-order valence-electron chi connectivity index (χ3n) is 4.39. The minimum atomic E-state index is -0.123. The van der Waals surface area contributed by atoms with Crippen LogP contribution in [0.5, 0.6) is 0 Å². The van der Waals surface area contributed by atoms with Crippen LogP contribution < -0.4 is 5.32 Å². The van der Waals surface area contributed by atoms with E-state index < -0.39 is 0 Å². The van der Waals surface area contributed by atoms with Crippen molar-refractivity contribution in [3.05, 3.63) is 102 Å². The lowest BCUT2D eigenvalue weighted by Gasteiger charge is -2.19. The number of carbonyl (C=O) groups excluding carboxylic acids is 2. The topological polar surface area (TPSA) is 49.4 Å². The second kappa shape index (κ2) is 10.5. The highest BCUT2D eigenvalue weighted by molar-refractivity contribution is 7.99. The lowest BCUT2D eigenvalue weighted by Crippen LogP contribution is -2.27. The first-order chi connectivity index (χ1) is 14.1. The van der Waals surface area contributed by atoms with Gasteiger partial charge >= 0.3 is 0 Å². The number of thioether (sulfide) groups is 1. The van der Waals surface area contributed by atoms with E-state index in [1.54, 1.807) is 35.8 Å². The molecule has 0 aliphatic heterocycles. The molecule has 0 unspecified atom stereocenters. The summed E-state index contributed by atoms with van der Waals surface area (Å²) in [5.74, 6) is 0.866. The molecule has 2 amide bonds. The molecule has 29 heavy (non-hydrogen) atoms. The maximum absolute atomic E-state index is 12.9. The Morgan fingerprint density at radius 1 is 0.828 bits per heavy atom. The van der Waals surface area contributed by atoms with Gasteiger partial charge in [-0.2, -0.15) is 0 Å². The summed E-state index contributed by atoms with van der Waals surface area (Å²) in [5.41, 5.74) is 3.28. The first-order valence-corrected chi connectivity index (χ1v) is 10.6. The number of anilines is 1. The standard InChI is InChI=1S/C24H24N2O2S/c1-26(16-19-10-4-2-5-11-19)24(28)21-14-8-9-15-22(21)25-23(27)18-29-17-20-12-6-3-7-13-20/h2-15H,16-18H2,1H3,(H,25,27). The van der Waals surface area contributed by atoms with Crippen LogP contribution in [0.3, 0.4) is 0 Å². The number of nitrogens with one attached hydrogen (secondary N) is 1. The average Bonchev–Trinajstić information content (AvgIpc) is 2.75. The molecule has 0 fully saturated rings. The molecule has 0 heterocycles. The van der Waals surface area contributed by atoms with Crippen LogP contribution in [0, 0.1) is 0 Å². The van der Waals surface area contributed by atoms with E-state index in [1.807, 2.05) is 72.8 Å². The van der Waals surface area contributed by atoms with Gasteiger partial charge in [0.25, 0.3) is 5.91 Å². The number of amides is 2. The lowest BCUT2D eigenvalue weighted by molar-refractivity contribution is -0.113. The van der Waals surface area contributed by atoms with E-state index in [1.165, 1.54) is 5.56 Å². The fourth-order valence-corrected chi connectivity index (χ4v) is 3.72. The Morgan fingerprint density at radius 2 is 1.41 bits per heavy atom. The molecule has 4 nitrogen and oxygen atoms in total. The molecule has 1 N–H and O–H groups in total. The number of hydrogen-bond donors (Lipinski definition) is 1. The third kappa shape index (κ3) is 6.22. The summed E-state index contributed by atoms with van der Waals surface area (Å²) in [6.07, 6.45) is 0. The maximum atomic E-state index is 12.9. The lowest BCUT2D eigenvalue weighted by atomic mass is 10.1. The zero-order chi connectivity index (χ0) is 20.5. The van der Waals surface area contributed by atoms with Crippen LogP contribution in [0.4, 0.5) is 5.69 Å². The van der Waals surface area contributed by atoms with Gasteiger partial charge in [-0.25, -0.2) is 0 Å². The molecule has 0 aliphatic rings. The Hall–Kier alpha value is -3.05. The third-order valence-corrected chi connectivity index (χ3v) is 5.39. The van der Waals surface area contributed by atoms with Crippen molar-refractivity contribution in [3.8, 4) is 0 Å². The van der Waals surface area contributed by atoms with Crippen molar-refractivity contribution in [1.29, 1.82) is 0 Å². The van der Waals surface area contributed by atoms with Gasteiger partial charge in [-0.15, -0.1) is 11.8 Å². The summed E-state index contributed by atoms with van der Waals surface area (Å²) in [4.78, 5) is 27.0. The normalized spacial score (nSPS) is 10.4. The molecular weight excluding hydrogens is 380 g/mol. The maximum Gasteiger partial charge on any atom is 0.256 e. The van der Waals surface area contributed by atoms with Gasteiger partial charge in [0.1, 0.15) is 0 Å². The molecule has 5 heteroatoms. The summed E-state index contributed by atoms with van der Waals surface area (Å²) in [5, 5.41) is 2.89. The van der Waals surface area contributed by atoms with E-state index in [9.17, 15) is 9.59 Å². The van der Waals surface area contributed by atoms with Crippen LogP contribution in [-0.4, -0.2) is 29.5 Å². The van der Waals surface area contributed by atoms with E-state index >= 15 is 0 Å². The Bertz CT molecular complexity index is 945. The number of nitrogens with zero attached hydrogens (tertiary/aromatic N) is 1. The fraction of sp³-hybridized carbons (Fsp3) is 0.167. The Labute approximate surface area is 175 Å². The van der Waals surface area contributed by atoms with Crippen molar-refractivity contribution >= 4 is 29.3 Å². The summed E-state index contributed by atoms with van der Waals surface area (Å²) < 4.78 is 0. The van der Waals surface area contributed by atoms with Gasteiger partial charge in [0, 0.05) is 19.3 Å². The minimum absolute atomic E-state index is 0.114. The van der Waals surface area contributed by atoms with Crippen molar-refractivity contribution in [1.82, 2.24) is 4.90 Å². The van der Waals surface area contributed by atoms with Crippen LogP contribution in [0.2, 0.25) is 0 Å². The zero-order valence-corrected chi connectivity index (χ0v) is 17.2. The molecule has 3 aromatic carbocycles. The molecular formula is C24H24N2O2S. The number of para-hydroxylation sites is 1. The minimum Gasteiger partial charge on any atom is -0.337 e. The van der Waals surface area contributed by atoms with Crippen LogP contribution >= 0.6 is 11.8 Å². The Kier molecular flexibility index (Phi) is 7.47. The second-order valence-corrected chi connectivity index (χ2v) is 7.70. The fourth-order valence-electron chi connectivity index (χ4n) is 2.94. The van der Waals surface area contributed by atoms with Gasteiger partial charge in [-0.05, 0) is 23.3 Å². The summed E-state index contributed by atoms with van der Waals surface area (Å²) in [6.45, 7) is 0.509. The summed E-state index contributed by atoms with van der Waals surface area (Å²) >= 11 is 1.55. The molecule has 0 aliphatic carbocycles. The molecule has 0 bridgehead atoms. The van der Waals surface area contributed by atoms with Gasteiger partial charge < -0.3 is 10.2 Å². The second-order valence-electron chi connectivity index (χ2n) is 6.72. The Morgan fingerprint density at radius 3 is 2.10 bits per heavy atom. The van der Waals surface area contributed by atoms with Crippen LogP contribution in [0.15, 0.2) is 84.9 Å². The number of rotatable bonds is 8. The van der Waals surface area contributed by atoms with Crippen molar-refractivity contribution in [2.75, 3.05) is 18.1 Å². The average molecular weight is 405 g/mol. The number of hydrogen-bond acceptors (Lipinski definition) is 3. The van der Waals surface area contributed by atoms with Gasteiger partial charge in [0.2, 0.25) is 5.91 Å². The van der Waals surface area contributed by atoms with Gasteiger partial charge in [0.15, 0.2) is 0 Å². The van der Waals surface area contributed by atoms with Crippen molar-refractivity contribution < 1.29 is 9.59 Å². The molecule has 0 radical (unpaired) electrons. The number of carbonyl (C=O) groups is 2. The molecule has 3 rings (SSSR count). The van der Waals surface area contributed by atoms with E-state index in [0.717, 1.165) is 11.3 Å². The highest BCUT2D eigenvalue weighted by atomic mass is 32.2. The first kappa shape index (κ1) is 20.7. The first-order valence-electron chi connectivity index (χ1n) is 9.43.